The van der Waals surface area contributed by atoms with E-state index in [0.29, 0.717) is 17.9 Å². The first-order valence-electron chi connectivity index (χ1n) is 8.26. The van der Waals surface area contributed by atoms with Crippen LogP contribution in [0.1, 0.15) is 50.6 Å². The topological polar surface area (TPSA) is 55.1 Å². The normalized spacial score (nSPS) is 31.7. The van der Waals surface area contributed by atoms with Crippen molar-refractivity contribution in [1.82, 2.24) is 5.32 Å². The van der Waals surface area contributed by atoms with E-state index in [1.165, 1.54) is 24.8 Å². The lowest BCUT2D eigenvalue weighted by Gasteiger charge is -2.43. The summed E-state index contributed by atoms with van der Waals surface area (Å²) in [5.74, 6) is 1.49. The monoisotopic (exact) mass is 322 g/mol. The number of benzene rings is 1. The second kappa shape index (κ2) is 7.47. The Morgan fingerprint density at radius 3 is 2.36 bits per heavy atom. The summed E-state index contributed by atoms with van der Waals surface area (Å²) in [4.78, 5) is 12.6. The molecule has 122 valence electrons. The van der Waals surface area contributed by atoms with Crippen LogP contribution in [0, 0.1) is 17.8 Å². The average Bonchev–Trinajstić information content (AvgIpc) is 2.47. The Kier molecular flexibility index (Phi) is 5.87. The van der Waals surface area contributed by atoms with Gasteiger partial charge >= 0.3 is 0 Å². The first kappa shape index (κ1) is 17.3. The molecule has 0 saturated heterocycles. The molecule has 1 aromatic rings. The first-order chi connectivity index (χ1) is 10.1. The number of nitrogens with two attached hydrogens (primary N) is 1. The highest BCUT2D eigenvalue weighted by atomic mass is 35.5. The summed E-state index contributed by atoms with van der Waals surface area (Å²) in [6, 6.07) is 10.6. The van der Waals surface area contributed by atoms with Gasteiger partial charge in [-0.1, -0.05) is 36.8 Å². The number of halogens is 1. The number of hydrogen-bond acceptors (Lipinski definition) is 2. The Bertz CT molecular complexity index is 479. The van der Waals surface area contributed by atoms with Crippen LogP contribution >= 0.6 is 12.4 Å². The molecule has 2 aliphatic rings. The van der Waals surface area contributed by atoms with Crippen LogP contribution in [0.25, 0.3) is 0 Å². The Morgan fingerprint density at radius 2 is 1.77 bits per heavy atom. The summed E-state index contributed by atoms with van der Waals surface area (Å²) >= 11 is 0. The Balaban J connectivity index is 0.00000176. The fourth-order valence-electron chi connectivity index (χ4n) is 4.16. The molecule has 2 fully saturated rings. The summed E-state index contributed by atoms with van der Waals surface area (Å²) in [5, 5.41) is 3.19. The van der Waals surface area contributed by atoms with Gasteiger partial charge < -0.3 is 11.1 Å². The van der Waals surface area contributed by atoms with Gasteiger partial charge in [0, 0.05) is 12.0 Å². The quantitative estimate of drug-likeness (QED) is 0.895. The van der Waals surface area contributed by atoms with Crippen LogP contribution in [0.3, 0.4) is 0 Å². The number of amides is 1. The Hall–Kier alpha value is -1.06. The fraction of sp³-hybridized carbons (Fsp3) is 0.611. The molecule has 3 rings (SSSR count). The predicted octanol–water partition coefficient (Wildman–Crippen LogP) is 3.44. The molecule has 0 radical (unpaired) electrons. The third kappa shape index (κ3) is 3.64. The van der Waals surface area contributed by atoms with Gasteiger partial charge in [-0.05, 0) is 50.0 Å². The minimum atomic E-state index is 0. The second-order valence-corrected chi connectivity index (χ2v) is 6.84. The largest absolute Gasteiger partial charge is 0.349 e. The van der Waals surface area contributed by atoms with Crippen LogP contribution in [0.4, 0.5) is 0 Å². The van der Waals surface area contributed by atoms with Gasteiger partial charge in [0.1, 0.15) is 0 Å². The highest BCUT2D eigenvalue weighted by Gasteiger charge is 2.40. The van der Waals surface area contributed by atoms with E-state index in [9.17, 15) is 4.79 Å². The van der Waals surface area contributed by atoms with E-state index in [-0.39, 0.29) is 30.3 Å². The van der Waals surface area contributed by atoms with Crippen molar-refractivity contribution in [3.05, 3.63) is 35.9 Å². The molecule has 2 aliphatic carbocycles. The molecule has 4 heteroatoms. The van der Waals surface area contributed by atoms with Crippen LogP contribution in [0.5, 0.6) is 0 Å². The van der Waals surface area contributed by atoms with E-state index in [1.54, 1.807) is 0 Å². The predicted molar refractivity (Wildman–Crippen MR) is 91.8 cm³/mol. The number of rotatable bonds is 3. The molecule has 2 bridgehead atoms. The third-order valence-corrected chi connectivity index (χ3v) is 5.44. The van der Waals surface area contributed by atoms with E-state index < -0.39 is 0 Å². The minimum Gasteiger partial charge on any atom is -0.349 e. The molecule has 0 heterocycles. The van der Waals surface area contributed by atoms with Gasteiger partial charge in [-0.2, -0.15) is 0 Å². The molecule has 1 aromatic carbocycles. The second-order valence-electron chi connectivity index (χ2n) is 6.84. The molecular weight excluding hydrogens is 296 g/mol. The van der Waals surface area contributed by atoms with Gasteiger partial charge in [-0.25, -0.2) is 0 Å². The number of carbonyl (C=O) groups excluding carboxylic acids is 1. The number of fused-ring (bicyclic) bond motifs is 2. The van der Waals surface area contributed by atoms with Crippen molar-refractivity contribution in [1.29, 1.82) is 0 Å². The van der Waals surface area contributed by atoms with Crippen molar-refractivity contribution < 1.29 is 4.79 Å². The molecule has 3 nitrogen and oxygen atoms in total. The highest BCUT2D eigenvalue weighted by molar-refractivity contribution is 5.85. The van der Waals surface area contributed by atoms with Gasteiger partial charge in [0.2, 0.25) is 5.91 Å². The van der Waals surface area contributed by atoms with E-state index in [2.05, 4.69) is 24.4 Å². The fourth-order valence-corrected chi connectivity index (χ4v) is 4.16. The summed E-state index contributed by atoms with van der Waals surface area (Å²) in [7, 11) is 0. The molecule has 0 aromatic heterocycles. The summed E-state index contributed by atoms with van der Waals surface area (Å²) in [5.41, 5.74) is 7.47. The van der Waals surface area contributed by atoms with Crippen molar-refractivity contribution in [2.45, 2.75) is 51.1 Å². The van der Waals surface area contributed by atoms with Crippen molar-refractivity contribution in [3.63, 3.8) is 0 Å². The molecule has 0 spiro atoms. The Morgan fingerprint density at radius 1 is 1.18 bits per heavy atom. The third-order valence-electron chi connectivity index (χ3n) is 5.44. The maximum Gasteiger partial charge on any atom is 0.223 e. The van der Waals surface area contributed by atoms with E-state index in [4.69, 9.17) is 5.73 Å². The van der Waals surface area contributed by atoms with Gasteiger partial charge in [0.05, 0.1) is 6.04 Å². The van der Waals surface area contributed by atoms with Crippen LogP contribution in [-0.2, 0) is 4.79 Å². The van der Waals surface area contributed by atoms with Gasteiger partial charge in [0.15, 0.2) is 0 Å². The van der Waals surface area contributed by atoms with Crippen molar-refractivity contribution >= 4 is 18.3 Å². The molecule has 3 N–H and O–H groups in total. The van der Waals surface area contributed by atoms with Crippen LogP contribution in [0.15, 0.2) is 30.3 Å². The van der Waals surface area contributed by atoms with Crippen molar-refractivity contribution in [2.75, 3.05) is 0 Å². The molecule has 1 amide bonds. The molecule has 22 heavy (non-hydrogen) atoms. The standard InChI is InChI=1S/C18H26N2O.ClH/c1-12(13-6-3-2-4-7-13)20-18(21)16-10-14-8-5-9-15(11-16)17(14)19;/h2-4,6-7,12,14-17H,5,8-11,19H2,1H3,(H,20,21);1H. The molecule has 0 aliphatic heterocycles. The number of carbonyl (C=O) groups is 1. The summed E-state index contributed by atoms with van der Waals surface area (Å²) in [6.45, 7) is 2.06. The Labute approximate surface area is 139 Å². The molecule has 3 atom stereocenters. The molecular formula is C18H27ClN2O. The minimum absolute atomic E-state index is 0. The maximum atomic E-state index is 12.6. The SMILES string of the molecule is CC(NC(=O)C1CC2CCCC(C1)C2N)c1ccccc1.Cl. The van der Waals surface area contributed by atoms with Crippen LogP contribution in [-0.4, -0.2) is 11.9 Å². The first-order valence-corrected chi connectivity index (χ1v) is 8.26. The maximum absolute atomic E-state index is 12.6. The smallest absolute Gasteiger partial charge is 0.223 e. The lowest BCUT2D eigenvalue weighted by atomic mass is 9.65. The lowest BCUT2D eigenvalue weighted by Crippen LogP contribution is -2.49. The van der Waals surface area contributed by atoms with E-state index in [0.717, 1.165) is 12.8 Å². The van der Waals surface area contributed by atoms with E-state index in [1.807, 2.05) is 18.2 Å². The van der Waals surface area contributed by atoms with Gasteiger partial charge in [0.25, 0.3) is 0 Å². The zero-order chi connectivity index (χ0) is 14.8. The zero-order valence-electron chi connectivity index (χ0n) is 13.2. The van der Waals surface area contributed by atoms with Crippen molar-refractivity contribution in [2.24, 2.45) is 23.5 Å². The van der Waals surface area contributed by atoms with Crippen LogP contribution < -0.4 is 11.1 Å². The molecule has 2 saturated carbocycles. The molecule has 3 unspecified atom stereocenters. The number of hydrogen-bond donors (Lipinski definition) is 2. The summed E-state index contributed by atoms with van der Waals surface area (Å²) in [6.07, 6.45) is 5.65. The van der Waals surface area contributed by atoms with Crippen molar-refractivity contribution in [3.8, 4) is 0 Å². The van der Waals surface area contributed by atoms with Crippen LogP contribution in [0.2, 0.25) is 0 Å². The van der Waals surface area contributed by atoms with Gasteiger partial charge in [-0.3, -0.25) is 4.79 Å². The number of nitrogens with one attached hydrogen (secondary N) is 1. The van der Waals surface area contributed by atoms with E-state index >= 15 is 0 Å². The summed E-state index contributed by atoms with van der Waals surface area (Å²) < 4.78 is 0. The zero-order valence-corrected chi connectivity index (χ0v) is 14.0. The van der Waals surface area contributed by atoms with Gasteiger partial charge in [-0.15, -0.1) is 12.4 Å². The lowest BCUT2D eigenvalue weighted by molar-refractivity contribution is -0.128. The highest BCUT2D eigenvalue weighted by Crippen LogP contribution is 2.42. The average molecular weight is 323 g/mol.